The third-order valence-electron chi connectivity index (χ3n) is 3.40. The van der Waals surface area contributed by atoms with Gasteiger partial charge in [-0.25, -0.2) is 0 Å². The number of nitrogens with zero attached hydrogens (tertiary/aromatic N) is 1. The third kappa shape index (κ3) is 5.64. The van der Waals surface area contributed by atoms with Crippen molar-refractivity contribution in [3.8, 4) is 6.07 Å². The predicted octanol–water partition coefficient (Wildman–Crippen LogP) is 4.26. The van der Waals surface area contributed by atoms with Gasteiger partial charge in [0, 0.05) is 11.4 Å². The smallest absolute Gasteiger partial charge is 0.136 e. The lowest BCUT2D eigenvalue weighted by atomic mass is 9.95. The van der Waals surface area contributed by atoms with Gasteiger partial charge in [-0.1, -0.05) is 26.8 Å². The number of rotatable bonds is 6. The first-order valence-corrected chi connectivity index (χ1v) is 9.04. The van der Waals surface area contributed by atoms with E-state index >= 15 is 0 Å². The normalized spacial score (nSPS) is 14.7. The van der Waals surface area contributed by atoms with E-state index in [1.165, 1.54) is 5.56 Å². The van der Waals surface area contributed by atoms with Crippen LogP contribution in [0.5, 0.6) is 0 Å². The minimum atomic E-state index is -1.13. The lowest BCUT2D eigenvalue weighted by molar-refractivity contribution is 0.518. The second kappa shape index (κ2) is 8.01. The fourth-order valence-electron chi connectivity index (χ4n) is 2.27. The second-order valence-corrected chi connectivity index (χ2v) is 9.13. The van der Waals surface area contributed by atoms with Gasteiger partial charge in [0.2, 0.25) is 0 Å². The molecule has 0 aromatic heterocycles. The molecule has 22 heavy (non-hydrogen) atoms. The summed E-state index contributed by atoms with van der Waals surface area (Å²) in [4.78, 5) is 0. The molecule has 0 amide bonds. The van der Waals surface area contributed by atoms with Crippen molar-refractivity contribution >= 4 is 11.4 Å². The minimum absolute atomic E-state index is 0.000675. The van der Waals surface area contributed by atoms with Crippen molar-refractivity contribution in [2.24, 2.45) is 5.92 Å². The molecule has 4 heteroatoms. The summed E-state index contributed by atoms with van der Waals surface area (Å²) < 4.78 is 15.3. The van der Waals surface area contributed by atoms with Crippen LogP contribution in [0, 0.1) is 17.2 Å². The van der Waals surface area contributed by atoms with Crippen molar-refractivity contribution < 1.29 is 4.55 Å². The monoisotopic (exact) mass is 320 g/mol. The van der Waals surface area contributed by atoms with Crippen molar-refractivity contribution in [3.63, 3.8) is 0 Å². The van der Waals surface area contributed by atoms with Crippen molar-refractivity contribution in [1.82, 2.24) is 4.72 Å². The molecule has 122 valence electrons. The molecule has 0 saturated heterocycles. The van der Waals surface area contributed by atoms with E-state index in [0.29, 0.717) is 11.5 Å². The van der Waals surface area contributed by atoms with Gasteiger partial charge in [0.15, 0.2) is 0 Å². The van der Waals surface area contributed by atoms with Gasteiger partial charge in [0.05, 0.1) is 17.7 Å². The Kier molecular flexibility index (Phi) is 6.93. The maximum Gasteiger partial charge on any atom is 0.136 e. The van der Waals surface area contributed by atoms with Gasteiger partial charge in [-0.3, -0.25) is 0 Å². The molecule has 3 nitrogen and oxygen atoms in total. The molecule has 1 rings (SSSR count). The van der Waals surface area contributed by atoms with Gasteiger partial charge in [-0.15, -0.1) is 4.72 Å². The molecule has 0 spiro atoms. The highest BCUT2D eigenvalue weighted by atomic mass is 32.2. The van der Waals surface area contributed by atoms with Gasteiger partial charge in [0.25, 0.3) is 0 Å². The van der Waals surface area contributed by atoms with E-state index in [-0.39, 0.29) is 10.8 Å². The molecule has 0 fully saturated rings. The van der Waals surface area contributed by atoms with E-state index in [9.17, 15) is 9.81 Å². The van der Waals surface area contributed by atoms with Crippen molar-refractivity contribution in [2.75, 3.05) is 0 Å². The summed E-state index contributed by atoms with van der Waals surface area (Å²) in [6, 6.07) is 8.24. The van der Waals surface area contributed by atoms with Crippen LogP contribution in [0.2, 0.25) is 0 Å². The topological polar surface area (TPSA) is 58.9 Å². The Morgan fingerprint density at radius 3 is 2.36 bits per heavy atom. The first-order chi connectivity index (χ1) is 10.2. The van der Waals surface area contributed by atoms with Crippen LogP contribution in [0.25, 0.3) is 0 Å². The molecule has 0 saturated carbocycles. The van der Waals surface area contributed by atoms with E-state index in [2.05, 4.69) is 37.6 Å². The predicted molar refractivity (Wildman–Crippen MR) is 93.8 cm³/mol. The third-order valence-corrected chi connectivity index (χ3v) is 5.02. The Bertz CT molecular complexity index is 529. The highest BCUT2D eigenvalue weighted by Crippen LogP contribution is 2.25. The van der Waals surface area contributed by atoms with E-state index in [1.807, 2.05) is 32.9 Å². The van der Waals surface area contributed by atoms with Crippen molar-refractivity contribution in [1.29, 1.82) is 5.26 Å². The van der Waals surface area contributed by atoms with Crippen LogP contribution in [-0.2, 0) is 17.8 Å². The molecule has 1 aromatic carbocycles. The summed E-state index contributed by atoms with van der Waals surface area (Å²) in [5, 5.41) is 9.26. The molecule has 0 aliphatic heterocycles. The summed E-state index contributed by atoms with van der Waals surface area (Å²) in [6.07, 6.45) is 1.78. The van der Waals surface area contributed by atoms with Gasteiger partial charge < -0.3 is 4.55 Å². The number of benzene rings is 1. The van der Waals surface area contributed by atoms with Crippen LogP contribution in [-0.4, -0.2) is 9.30 Å². The molecular weight excluding hydrogens is 292 g/mol. The molecule has 0 unspecified atom stereocenters. The molecular formula is C18H28N2OS. The van der Waals surface area contributed by atoms with Crippen LogP contribution < -0.4 is 4.72 Å². The fourth-order valence-corrected chi connectivity index (χ4v) is 3.18. The first kappa shape index (κ1) is 19.0. The summed E-state index contributed by atoms with van der Waals surface area (Å²) >= 11 is -1.13. The zero-order valence-electron chi connectivity index (χ0n) is 14.6. The Morgan fingerprint density at radius 1 is 1.27 bits per heavy atom. The van der Waals surface area contributed by atoms with Crippen LogP contribution >= 0.6 is 0 Å². The van der Waals surface area contributed by atoms with Crippen LogP contribution in [0.15, 0.2) is 18.2 Å². The molecule has 0 bridgehead atoms. The number of hydrogen-bond acceptors (Lipinski definition) is 3. The first-order valence-electron chi connectivity index (χ1n) is 7.89. The van der Waals surface area contributed by atoms with E-state index in [4.69, 9.17) is 0 Å². The van der Waals surface area contributed by atoms with Gasteiger partial charge >= 0.3 is 0 Å². The maximum atomic E-state index is 12.4. The highest BCUT2D eigenvalue weighted by Gasteiger charge is 2.29. The van der Waals surface area contributed by atoms with Gasteiger partial charge in [0.1, 0.15) is 4.75 Å². The Labute approximate surface area is 138 Å². The average Bonchev–Trinajstić information content (AvgIpc) is 2.42. The molecule has 0 radical (unpaired) electrons. The standard InChI is InChI=1S/C18H28N2OS/c1-7-17(20-22(21)18(4,5)6)16-10-14(8-13(2)3)9-15(11-16)12-19/h9-11,13,17,20H,7-8H2,1-6H3/t17-,22-/m0/s1. The SMILES string of the molecule is CC[C@H](N[S@@+]([O-])C(C)(C)C)c1cc(C#N)cc(CC(C)C)c1. The Hall–Kier alpha value is -1.02. The highest BCUT2D eigenvalue weighted by molar-refractivity contribution is 7.90. The summed E-state index contributed by atoms with van der Waals surface area (Å²) in [6.45, 7) is 12.3. The van der Waals surface area contributed by atoms with Gasteiger partial charge in [-0.2, -0.15) is 5.26 Å². The molecule has 2 atom stereocenters. The van der Waals surface area contributed by atoms with Crippen molar-refractivity contribution in [2.45, 2.75) is 65.2 Å². The van der Waals surface area contributed by atoms with Gasteiger partial charge in [-0.05, 0) is 62.8 Å². The molecule has 1 N–H and O–H groups in total. The average molecular weight is 321 g/mol. The molecule has 0 aliphatic rings. The Balaban J connectivity index is 3.08. The van der Waals surface area contributed by atoms with Crippen LogP contribution in [0.4, 0.5) is 0 Å². The number of hydrogen-bond donors (Lipinski definition) is 1. The maximum absolute atomic E-state index is 12.4. The summed E-state index contributed by atoms with van der Waals surface area (Å²) in [5.41, 5.74) is 2.90. The van der Waals surface area contributed by atoms with E-state index < -0.39 is 11.4 Å². The van der Waals surface area contributed by atoms with E-state index in [1.54, 1.807) is 0 Å². The summed E-state index contributed by atoms with van der Waals surface area (Å²) in [5.74, 6) is 0.540. The fraction of sp³-hybridized carbons (Fsp3) is 0.611. The second-order valence-electron chi connectivity index (χ2n) is 7.13. The van der Waals surface area contributed by atoms with Crippen LogP contribution in [0.1, 0.15) is 70.7 Å². The molecule has 0 aliphatic carbocycles. The minimum Gasteiger partial charge on any atom is -0.598 e. The Morgan fingerprint density at radius 2 is 1.91 bits per heavy atom. The number of nitriles is 1. The van der Waals surface area contributed by atoms with E-state index in [0.717, 1.165) is 18.4 Å². The van der Waals surface area contributed by atoms with Crippen LogP contribution in [0.3, 0.4) is 0 Å². The van der Waals surface area contributed by atoms with Crippen molar-refractivity contribution in [3.05, 3.63) is 34.9 Å². The molecule has 0 heterocycles. The number of nitrogens with one attached hydrogen (secondary N) is 1. The zero-order chi connectivity index (χ0) is 16.9. The largest absolute Gasteiger partial charge is 0.598 e. The zero-order valence-corrected chi connectivity index (χ0v) is 15.4. The lowest BCUT2D eigenvalue weighted by Crippen LogP contribution is -2.41. The lowest BCUT2D eigenvalue weighted by Gasteiger charge is -2.28. The summed E-state index contributed by atoms with van der Waals surface area (Å²) in [7, 11) is 0. The quantitative estimate of drug-likeness (QED) is 0.797. The molecule has 1 aromatic rings.